The quantitative estimate of drug-likeness (QED) is 0.905. The SMILES string of the molecule is CNCC1CCCCN(C(C)C)C1c1cncn1C. The van der Waals surface area contributed by atoms with Gasteiger partial charge >= 0.3 is 0 Å². The van der Waals surface area contributed by atoms with Crippen molar-refractivity contribution in [2.45, 2.75) is 45.2 Å². The molecule has 0 saturated carbocycles. The highest BCUT2D eigenvalue weighted by molar-refractivity contribution is 5.09. The van der Waals surface area contributed by atoms with Crippen LogP contribution in [0, 0.1) is 5.92 Å². The number of nitrogens with zero attached hydrogens (tertiary/aromatic N) is 3. The first-order valence-corrected chi connectivity index (χ1v) is 7.51. The van der Waals surface area contributed by atoms with Crippen LogP contribution in [0.4, 0.5) is 0 Å². The normalized spacial score (nSPS) is 25.7. The number of nitrogens with one attached hydrogen (secondary N) is 1. The van der Waals surface area contributed by atoms with Gasteiger partial charge in [-0.05, 0) is 52.7 Å². The largest absolute Gasteiger partial charge is 0.336 e. The van der Waals surface area contributed by atoms with Gasteiger partial charge in [0.25, 0.3) is 0 Å². The number of hydrogen-bond donors (Lipinski definition) is 1. The van der Waals surface area contributed by atoms with E-state index in [-0.39, 0.29) is 0 Å². The summed E-state index contributed by atoms with van der Waals surface area (Å²) in [5, 5.41) is 3.38. The lowest BCUT2D eigenvalue weighted by atomic mass is 9.91. The lowest BCUT2D eigenvalue weighted by molar-refractivity contribution is 0.113. The van der Waals surface area contributed by atoms with Crippen LogP contribution in [-0.4, -0.2) is 40.6 Å². The van der Waals surface area contributed by atoms with Crippen molar-refractivity contribution in [2.24, 2.45) is 13.0 Å². The van der Waals surface area contributed by atoms with Crippen LogP contribution in [0.5, 0.6) is 0 Å². The first-order chi connectivity index (χ1) is 9.15. The highest BCUT2D eigenvalue weighted by Gasteiger charge is 2.33. The smallest absolute Gasteiger partial charge is 0.0946 e. The number of hydrogen-bond acceptors (Lipinski definition) is 3. The van der Waals surface area contributed by atoms with Gasteiger partial charge in [0, 0.05) is 19.3 Å². The molecule has 1 fully saturated rings. The first kappa shape index (κ1) is 14.5. The van der Waals surface area contributed by atoms with Crippen LogP contribution in [0.2, 0.25) is 0 Å². The Kier molecular flexibility index (Phi) is 4.99. The molecule has 1 aliphatic heterocycles. The number of likely N-dealkylation sites (tertiary alicyclic amines) is 1. The van der Waals surface area contributed by atoms with Crippen molar-refractivity contribution in [1.82, 2.24) is 19.8 Å². The fourth-order valence-corrected chi connectivity index (χ4v) is 3.39. The van der Waals surface area contributed by atoms with Gasteiger partial charge in [-0.2, -0.15) is 0 Å². The molecule has 1 aliphatic rings. The Morgan fingerprint density at radius 2 is 2.21 bits per heavy atom. The van der Waals surface area contributed by atoms with Crippen LogP contribution >= 0.6 is 0 Å². The van der Waals surface area contributed by atoms with Crippen LogP contribution < -0.4 is 5.32 Å². The van der Waals surface area contributed by atoms with E-state index in [0.717, 1.165) is 6.54 Å². The summed E-state index contributed by atoms with van der Waals surface area (Å²) in [5.74, 6) is 0.672. The minimum atomic E-state index is 0.488. The topological polar surface area (TPSA) is 33.1 Å². The summed E-state index contributed by atoms with van der Waals surface area (Å²) in [6.45, 7) is 6.91. The Morgan fingerprint density at radius 1 is 1.42 bits per heavy atom. The zero-order valence-corrected chi connectivity index (χ0v) is 12.8. The van der Waals surface area contributed by atoms with Crippen molar-refractivity contribution >= 4 is 0 Å². The van der Waals surface area contributed by atoms with E-state index in [0.29, 0.717) is 18.0 Å². The Balaban J connectivity index is 2.34. The van der Waals surface area contributed by atoms with Gasteiger partial charge in [-0.1, -0.05) is 6.42 Å². The third-order valence-electron chi connectivity index (χ3n) is 4.33. The van der Waals surface area contributed by atoms with Gasteiger partial charge in [-0.3, -0.25) is 4.90 Å². The molecule has 0 radical (unpaired) electrons. The molecule has 1 aromatic rings. The maximum atomic E-state index is 4.33. The lowest BCUT2D eigenvalue weighted by Gasteiger charge is -2.37. The van der Waals surface area contributed by atoms with E-state index in [1.54, 1.807) is 0 Å². The van der Waals surface area contributed by atoms with E-state index in [1.165, 1.54) is 31.5 Å². The standard InChI is InChI=1S/C15H28N4/c1-12(2)19-8-6-5-7-13(9-16-3)15(19)14-10-17-11-18(14)4/h10-13,15-16H,5-9H2,1-4H3. The molecule has 1 N–H and O–H groups in total. The van der Waals surface area contributed by atoms with E-state index < -0.39 is 0 Å². The molecule has 0 aliphatic carbocycles. The van der Waals surface area contributed by atoms with Crippen molar-refractivity contribution in [3.05, 3.63) is 18.2 Å². The average Bonchev–Trinajstić information content (AvgIpc) is 2.67. The molecule has 2 heterocycles. The second-order valence-electron chi connectivity index (χ2n) is 6.02. The van der Waals surface area contributed by atoms with Gasteiger partial charge in [0.15, 0.2) is 0 Å². The molecule has 0 amide bonds. The molecule has 4 heteroatoms. The van der Waals surface area contributed by atoms with E-state index in [1.807, 2.05) is 12.5 Å². The Morgan fingerprint density at radius 3 is 2.79 bits per heavy atom. The maximum absolute atomic E-state index is 4.33. The minimum Gasteiger partial charge on any atom is -0.336 e. The maximum Gasteiger partial charge on any atom is 0.0946 e. The number of imidazole rings is 1. The average molecular weight is 264 g/mol. The summed E-state index contributed by atoms with van der Waals surface area (Å²) in [4.78, 5) is 6.99. The van der Waals surface area contributed by atoms with Crippen LogP contribution in [0.1, 0.15) is 44.8 Å². The predicted molar refractivity (Wildman–Crippen MR) is 79.1 cm³/mol. The van der Waals surface area contributed by atoms with Gasteiger partial charge in [-0.25, -0.2) is 4.98 Å². The van der Waals surface area contributed by atoms with Gasteiger partial charge in [0.1, 0.15) is 0 Å². The molecule has 2 atom stereocenters. The second kappa shape index (κ2) is 6.53. The molecule has 1 aromatic heterocycles. The summed E-state index contributed by atoms with van der Waals surface area (Å²) in [6, 6.07) is 1.07. The van der Waals surface area contributed by atoms with Gasteiger partial charge < -0.3 is 9.88 Å². The highest BCUT2D eigenvalue weighted by Crippen LogP contribution is 2.35. The van der Waals surface area contributed by atoms with Crippen molar-refractivity contribution in [3.63, 3.8) is 0 Å². The van der Waals surface area contributed by atoms with Crippen LogP contribution in [0.25, 0.3) is 0 Å². The third-order valence-corrected chi connectivity index (χ3v) is 4.33. The van der Waals surface area contributed by atoms with E-state index >= 15 is 0 Å². The Bertz CT molecular complexity index is 385. The van der Waals surface area contributed by atoms with E-state index in [4.69, 9.17) is 0 Å². The van der Waals surface area contributed by atoms with Crippen LogP contribution in [0.3, 0.4) is 0 Å². The number of rotatable bonds is 4. The van der Waals surface area contributed by atoms with Crippen LogP contribution in [-0.2, 0) is 7.05 Å². The van der Waals surface area contributed by atoms with E-state index in [9.17, 15) is 0 Å². The van der Waals surface area contributed by atoms with Crippen molar-refractivity contribution in [2.75, 3.05) is 20.1 Å². The Labute approximate surface area is 117 Å². The molecule has 108 valence electrons. The molecule has 1 saturated heterocycles. The summed E-state index contributed by atoms with van der Waals surface area (Å²) in [7, 11) is 4.17. The van der Waals surface area contributed by atoms with Crippen molar-refractivity contribution < 1.29 is 0 Å². The summed E-state index contributed by atoms with van der Waals surface area (Å²) in [6.07, 6.45) is 7.93. The van der Waals surface area contributed by atoms with Gasteiger partial charge in [0.2, 0.25) is 0 Å². The summed E-state index contributed by atoms with van der Waals surface area (Å²) in [5.41, 5.74) is 1.36. The number of aromatic nitrogens is 2. The molecular formula is C15H28N4. The molecule has 0 aromatic carbocycles. The van der Waals surface area contributed by atoms with Crippen molar-refractivity contribution in [3.8, 4) is 0 Å². The molecule has 0 bridgehead atoms. The van der Waals surface area contributed by atoms with Crippen LogP contribution in [0.15, 0.2) is 12.5 Å². The zero-order valence-electron chi connectivity index (χ0n) is 12.8. The zero-order chi connectivity index (χ0) is 13.8. The molecule has 0 spiro atoms. The number of aryl methyl sites for hydroxylation is 1. The van der Waals surface area contributed by atoms with Gasteiger partial charge in [-0.15, -0.1) is 0 Å². The van der Waals surface area contributed by atoms with Crippen molar-refractivity contribution in [1.29, 1.82) is 0 Å². The molecule has 4 nitrogen and oxygen atoms in total. The monoisotopic (exact) mass is 264 g/mol. The first-order valence-electron chi connectivity index (χ1n) is 7.51. The fraction of sp³-hybridized carbons (Fsp3) is 0.800. The summed E-state index contributed by atoms with van der Waals surface area (Å²) < 4.78 is 2.19. The lowest BCUT2D eigenvalue weighted by Crippen LogP contribution is -2.41. The van der Waals surface area contributed by atoms with Gasteiger partial charge in [0.05, 0.1) is 18.1 Å². The summed E-state index contributed by atoms with van der Waals surface area (Å²) >= 11 is 0. The van der Waals surface area contributed by atoms with E-state index in [2.05, 4.69) is 47.7 Å². The highest BCUT2D eigenvalue weighted by atomic mass is 15.2. The second-order valence-corrected chi connectivity index (χ2v) is 6.02. The molecule has 2 unspecified atom stereocenters. The molecule has 2 rings (SSSR count). The third kappa shape index (κ3) is 3.18. The Hall–Kier alpha value is -0.870. The predicted octanol–water partition coefficient (Wildman–Crippen LogP) is 2.19. The minimum absolute atomic E-state index is 0.488. The molecule has 19 heavy (non-hydrogen) atoms. The fourth-order valence-electron chi connectivity index (χ4n) is 3.39. The molecular weight excluding hydrogens is 236 g/mol.